The average molecular weight is 309 g/mol. The highest BCUT2D eigenvalue weighted by Crippen LogP contribution is 2.44. The van der Waals surface area contributed by atoms with E-state index in [0.29, 0.717) is 10.8 Å². The second kappa shape index (κ2) is 6.81. The molecule has 2 heteroatoms. The third-order valence-electron chi connectivity index (χ3n) is 6.38. The lowest BCUT2D eigenvalue weighted by Crippen LogP contribution is -2.57. The molecule has 0 aromatic heterocycles. The molecule has 0 saturated carbocycles. The molecule has 0 radical (unpaired) electrons. The predicted molar refractivity (Wildman–Crippen MR) is 97.2 cm³/mol. The van der Waals surface area contributed by atoms with Crippen molar-refractivity contribution in [1.29, 1.82) is 0 Å². The Bertz CT molecular complexity index is 347. The normalized spacial score (nSPS) is 29.6. The van der Waals surface area contributed by atoms with Crippen molar-refractivity contribution < 1.29 is 0 Å². The van der Waals surface area contributed by atoms with Gasteiger partial charge < -0.3 is 9.80 Å². The standard InChI is InChI=1S/C20H40N2/c1-8-22-11-9-17(10-12-22)20(5,6)14-18-16(15-21(18)7)13-19(2,3)4/h16-18H,8-15H2,1-7H3. The highest BCUT2D eigenvalue weighted by Gasteiger charge is 2.43. The van der Waals surface area contributed by atoms with E-state index in [1.54, 1.807) is 0 Å². The van der Waals surface area contributed by atoms with Crippen molar-refractivity contribution in [2.75, 3.05) is 33.2 Å². The lowest BCUT2D eigenvalue weighted by molar-refractivity contribution is -0.0288. The summed E-state index contributed by atoms with van der Waals surface area (Å²) in [7, 11) is 2.33. The molecule has 2 fully saturated rings. The predicted octanol–water partition coefficient (Wildman–Crippen LogP) is 4.50. The van der Waals surface area contributed by atoms with Crippen LogP contribution in [-0.4, -0.2) is 49.1 Å². The molecular weight excluding hydrogens is 268 g/mol. The molecule has 2 atom stereocenters. The number of rotatable bonds is 5. The lowest BCUT2D eigenvalue weighted by atomic mass is 9.65. The summed E-state index contributed by atoms with van der Waals surface area (Å²) >= 11 is 0. The topological polar surface area (TPSA) is 6.48 Å². The Hall–Kier alpha value is -0.0800. The van der Waals surface area contributed by atoms with Gasteiger partial charge in [0, 0.05) is 12.6 Å². The molecule has 2 saturated heterocycles. The van der Waals surface area contributed by atoms with Gasteiger partial charge in [0.1, 0.15) is 0 Å². The van der Waals surface area contributed by atoms with Crippen LogP contribution in [0.3, 0.4) is 0 Å². The van der Waals surface area contributed by atoms with Crippen LogP contribution in [0, 0.1) is 22.7 Å². The van der Waals surface area contributed by atoms with E-state index < -0.39 is 0 Å². The monoisotopic (exact) mass is 308 g/mol. The summed E-state index contributed by atoms with van der Waals surface area (Å²) in [5, 5.41) is 0. The van der Waals surface area contributed by atoms with Crippen LogP contribution >= 0.6 is 0 Å². The first-order valence-electron chi connectivity index (χ1n) is 9.55. The molecule has 0 aromatic carbocycles. The molecule has 0 aromatic rings. The van der Waals surface area contributed by atoms with Crippen LogP contribution < -0.4 is 0 Å². The summed E-state index contributed by atoms with van der Waals surface area (Å²) in [5.74, 6) is 1.83. The molecular formula is C20H40N2. The highest BCUT2D eigenvalue weighted by molar-refractivity contribution is 4.96. The molecule has 0 N–H and O–H groups in total. The lowest BCUT2D eigenvalue weighted by Gasteiger charge is -2.52. The summed E-state index contributed by atoms with van der Waals surface area (Å²) in [6.45, 7) is 19.7. The van der Waals surface area contributed by atoms with Gasteiger partial charge in [0.05, 0.1) is 0 Å². The summed E-state index contributed by atoms with van der Waals surface area (Å²) in [6, 6.07) is 0.818. The molecule has 2 unspecified atom stereocenters. The Morgan fingerprint density at radius 3 is 2.00 bits per heavy atom. The van der Waals surface area contributed by atoms with Gasteiger partial charge in [0.2, 0.25) is 0 Å². The molecule has 0 amide bonds. The van der Waals surface area contributed by atoms with Crippen LogP contribution in [0.5, 0.6) is 0 Å². The Labute approximate surface area is 139 Å². The van der Waals surface area contributed by atoms with E-state index in [4.69, 9.17) is 0 Å². The highest BCUT2D eigenvalue weighted by atomic mass is 15.2. The maximum atomic E-state index is 2.62. The average Bonchev–Trinajstić information content (AvgIpc) is 2.43. The van der Waals surface area contributed by atoms with Crippen LogP contribution in [0.2, 0.25) is 0 Å². The minimum atomic E-state index is 0.473. The molecule has 2 heterocycles. The zero-order chi connectivity index (χ0) is 16.5. The second-order valence-corrected chi connectivity index (χ2v) is 9.93. The van der Waals surface area contributed by atoms with Gasteiger partial charge in [-0.1, -0.05) is 41.5 Å². The van der Waals surface area contributed by atoms with E-state index in [2.05, 4.69) is 58.4 Å². The van der Waals surface area contributed by atoms with Crippen molar-refractivity contribution in [3.05, 3.63) is 0 Å². The smallest absolute Gasteiger partial charge is 0.0138 e. The fraction of sp³-hybridized carbons (Fsp3) is 1.00. The van der Waals surface area contributed by atoms with Crippen molar-refractivity contribution in [1.82, 2.24) is 9.80 Å². The van der Waals surface area contributed by atoms with Crippen LogP contribution in [-0.2, 0) is 0 Å². The zero-order valence-corrected chi connectivity index (χ0v) is 16.3. The van der Waals surface area contributed by atoms with E-state index in [0.717, 1.165) is 17.9 Å². The third-order valence-corrected chi connectivity index (χ3v) is 6.38. The number of piperidine rings is 1. The van der Waals surface area contributed by atoms with E-state index in [9.17, 15) is 0 Å². The first-order chi connectivity index (χ1) is 10.1. The van der Waals surface area contributed by atoms with Gasteiger partial charge in [-0.25, -0.2) is 0 Å². The summed E-state index contributed by atoms with van der Waals surface area (Å²) in [4.78, 5) is 5.23. The van der Waals surface area contributed by atoms with Gasteiger partial charge in [-0.3, -0.25) is 0 Å². The quantitative estimate of drug-likeness (QED) is 0.738. The van der Waals surface area contributed by atoms with Crippen molar-refractivity contribution in [2.45, 2.75) is 73.3 Å². The number of hydrogen-bond acceptors (Lipinski definition) is 2. The third kappa shape index (κ3) is 4.47. The fourth-order valence-corrected chi connectivity index (χ4v) is 4.89. The van der Waals surface area contributed by atoms with Gasteiger partial charge in [-0.2, -0.15) is 0 Å². The number of hydrogen-bond donors (Lipinski definition) is 0. The minimum Gasteiger partial charge on any atom is -0.304 e. The molecule has 0 aliphatic carbocycles. The van der Waals surface area contributed by atoms with Crippen molar-refractivity contribution in [2.24, 2.45) is 22.7 Å². The maximum absolute atomic E-state index is 2.62. The first kappa shape index (κ1) is 18.3. The van der Waals surface area contributed by atoms with Gasteiger partial charge in [-0.15, -0.1) is 0 Å². The van der Waals surface area contributed by atoms with Gasteiger partial charge in [0.25, 0.3) is 0 Å². The SMILES string of the molecule is CCN1CCC(C(C)(C)CC2C(CC(C)(C)C)CN2C)CC1. The Balaban J connectivity index is 1.90. The van der Waals surface area contributed by atoms with Crippen LogP contribution in [0.15, 0.2) is 0 Å². The molecule has 2 rings (SSSR count). The summed E-state index contributed by atoms with van der Waals surface area (Å²) in [5.41, 5.74) is 0.968. The largest absolute Gasteiger partial charge is 0.304 e. The van der Waals surface area contributed by atoms with E-state index >= 15 is 0 Å². The Morgan fingerprint density at radius 1 is 0.955 bits per heavy atom. The molecule has 22 heavy (non-hydrogen) atoms. The number of nitrogens with zero attached hydrogens (tertiary/aromatic N) is 2. The van der Waals surface area contributed by atoms with Crippen molar-refractivity contribution >= 4 is 0 Å². The summed E-state index contributed by atoms with van der Waals surface area (Å²) in [6.07, 6.45) is 5.58. The van der Waals surface area contributed by atoms with Gasteiger partial charge in [-0.05, 0) is 75.0 Å². The molecule has 2 nitrogen and oxygen atoms in total. The minimum absolute atomic E-state index is 0.473. The molecule has 0 spiro atoms. The molecule has 2 aliphatic heterocycles. The first-order valence-corrected chi connectivity index (χ1v) is 9.55. The van der Waals surface area contributed by atoms with Gasteiger partial charge >= 0.3 is 0 Å². The second-order valence-electron chi connectivity index (χ2n) is 9.93. The van der Waals surface area contributed by atoms with Gasteiger partial charge in [0.15, 0.2) is 0 Å². The van der Waals surface area contributed by atoms with Crippen LogP contribution in [0.4, 0.5) is 0 Å². The van der Waals surface area contributed by atoms with Crippen molar-refractivity contribution in [3.8, 4) is 0 Å². The van der Waals surface area contributed by atoms with E-state index in [1.807, 2.05) is 0 Å². The molecule has 0 bridgehead atoms. The molecule has 130 valence electrons. The molecule has 2 aliphatic rings. The fourth-order valence-electron chi connectivity index (χ4n) is 4.89. The summed E-state index contributed by atoms with van der Waals surface area (Å²) < 4.78 is 0. The van der Waals surface area contributed by atoms with Crippen LogP contribution in [0.1, 0.15) is 67.2 Å². The zero-order valence-electron chi connectivity index (χ0n) is 16.3. The Morgan fingerprint density at radius 2 is 1.55 bits per heavy atom. The number of likely N-dealkylation sites (tertiary alicyclic amines) is 2. The van der Waals surface area contributed by atoms with Crippen LogP contribution in [0.25, 0.3) is 0 Å². The maximum Gasteiger partial charge on any atom is 0.0138 e. The van der Waals surface area contributed by atoms with Crippen molar-refractivity contribution in [3.63, 3.8) is 0 Å². The van der Waals surface area contributed by atoms with E-state index in [-0.39, 0.29) is 0 Å². The Kier molecular flexibility index (Phi) is 5.65. The van der Waals surface area contributed by atoms with E-state index in [1.165, 1.54) is 51.9 Å².